The second-order valence-electron chi connectivity index (χ2n) is 3.46. The van der Waals surface area contributed by atoms with Crippen molar-refractivity contribution in [3.63, 3.8) is 0 Å². The number of halogens is 3. The monoisotopic (exact) mass is 270 g/mol. The van der Waals surface area contributed by atoms with E-state index < -0.39 is 5.82 Å². The summed E-state index contributed by atoms with van der Waals surface area (Å²) in [6, 6.07) is 11.1. The predicted molar refractivity (Wildman–Crippen MR) is 67.4 cm³/mol. The maximum atomic E-state index is 13.3. The second kappa shape index (κ2) is 5.52. The lowest BCUT2D eigenvalue weighted by atomic mass is 10.2. The summed E-state index contributed by atoms with van der Waals surface area (Å²) in [5.74, 6) is -0.229. The van der Waals surface area contributed by atoms with E-state index in [1.807, 2.05) is 0 Å². The van der Waals surface area contributed by atoms with Gasteiger partial charge in [0.1, 0.15) is 11.6 Å². The fraction of sp³-hybridized carbons (Fsp3) is 0.0769. The van der Waals surface area contributed by atoms with E-state index in [1.165, 1.54) is 30.0 Å². The van der Waals surface area contributed by atoms with Crippen molar-refractivity contribution in [2.24, 2.45) is 0 Å². The number of thioether (sulfide) groups is 1. The van der Waals surface area contributed by atoms with E-state index in [0.29, 0.717) is 11.3 Å². The van der Waals surface area contributed by atoms with Crippen LogP contribution in [0.25, 0.3) is 0 Å². The molecule has 0 amide bonds. The van der Waals surface area contributed by atoms with E-state index in [0.717, 1.165) is 4.90 Å². The summed E-state index contributed by atoms with van der Waals surface area (Å²) in [6.07, 6.45) is 0. The van der Waals surface area contributed by atoms with E-state index >= 15 is 0 Å². The molecule has 0 bridgehead atoms. The molecule has 0 aliphatic carbocycles. The molecule has 0 radical (unpaired) electrons. The molecule has 2 aromatic carbocycles. The maximum Gasteiger partial charge on any atom is 0.142 e. The minimum absolute atomic E-state index is 0.0974. The highest BCUT2D eigenvalue weighted by atomic mass is 35.5. The van der Waals surface area contributed by atoms with Gasteiger partial charge in [0.25, 0.3) is 0 Å². The minimum atomic E-state index is -0.454. The molecule has 0 nitrogen and oxygen atoms in total. The molecule has 17 heavy (non-hydrogen) atoms. The van der Waals surface area contributed by atoms with Crippen molar-refractivity contribution >= 4 is 23.4 Å². The van der Waals surface area contributed by atoms with E-state index in [4.69, 9.17) is 11.6 Å². The molecule has 4 heteroatoms. The van der Waals surface area contributed by atoms with Crippen LogP contribution in [0.4, 0.5) is 8.78 Å². The molecule has 0 aromatic heterocycles. The summed E-state index contributed by atoms with van der Waals surface area (Å²) in [4.78, 5) is 0.732. The third-order valence-corrected chi connectivity index (χ3v) is 3.59. The van der Waals surface area contributed by atoms with Crippen molar-refractivity contribution < 1.29 is 8.78 Å². The largest absolute Gasteiger partial charge is 0.207 e. The SMILES string of the molecule is Fc1cc(SCc2ccccc2F)ccc1Cl. The van der Waals surface area contributed by atoms with Crippen LogP contribution < -0.4 is 0 Å². The van der Waals surface area contributed by atoms with Gasteiger partial charge in [-0.3, -0.25) is 0 Å². The van der Waals surface area contributed by atoms with Gasteiger partial charge in [0.05, 0.1) is 5.02 Å². The second-order valence-corrected chi connectivity index (χ2v) is 4.91. The number of benzene rings is 2. The molecule has 0 N–H and O–H groups in total. The average molecular weight is 271 g/mol. The first-order valence-corrected chi connectivity index (χ1v) is 6.34. The number of hydrogen-bond donors (Lipinski definition) is 0. The summed E-state index contributed by atoms with van der Waals surface area (Å²) < 4.78 is 26.5. The summed E-state index contributed by atoms with van der Waals surface area (Å²) in [7, 11) is 0. The van der Waals surface area contributed by atoms with Gasteiger partial charge in [-0.25, -0.2) is 8.78 Å². The van der Waals surface area contributed by atoms with E-state index in [2.05, 4.69) is 0 Å². The van der Waals surface area contributed by atoms with Crippen LogP contribution in [0.3, 0.4) is 0 Å². The Morgan fingerprint density at radius 2 is 1.76 bits per heavy atom. The van der Waals surface area contributed by atoms with Crippen molar-refractivity contribution in [2.75, 3.05) is 0 Å². The maximum absolute atomic E-state index is 13.3. The van der Waals surface area contributed by atoms with Gasteiger partial charge >= 0.3 is 0 Å². The Hall–Kier alpha value is -1.06. The molecular formula is C13H9ClF2S. The Balaban J connectivity index is 2.08. The van der Waals surface area contributed by atoms with Crippen LogP contribution in [0.5, 0.6) is 0 Å². The van der Waals surface area contributed by atoms with Gasteiger partial charge in [0.2, 0.25) is 0 Å². The molecule has 0 saturated carbocycles. The van der Waals surface area contributed by atoms with E-state index in [9.17, 15) is 8.78 Å². The topological polar surface area (TPSA) is 0 Å². The van der Waals surface area contributed by atoms with Crippen LogP contribution in [0.15, 0.2) is 47.4 Å². The standard InChI is InChI=1S/C13H9ClF2S/c14-11-6-5-10(7-13(11)16)17-8-9-3-1-2-4-12(9)15/h1-7H,8H2. The van der Waals surface area contributed by atoms with Gasteiger partial charge in [-0.05, 0) is 29.8 Å². The van der Waals surface area contributed by atoms with Gasteiger partial charge in [0, 0.05) is 10.6 Å². The minimum Gasteiger partial charge on any atom is -0.207 e. The van der Waals surface area contributed by atoms with Gasteiger partial charge in [-0.1, -0.05) is 29.8 Å². The van der Waals surface area contributed by atoms with Crippen molar-refractivity contribution in [3.8, 4) is 0 Å². The first-order valence-electron chi connectivity index (χ1n) is 4.98. The average Bonchev–Trinajstić information content (AvgIpc) is 2.32. The zero-order chi connectivity index (χ0) is 12.3. The van der Waals surface area contributed by atoms with Crippen molar-refractivity contribution in [1.29, 1.82) is 0 Å². The summed E-state index contributed by atoms with van der Waals surface area (Å²) >= 11 is 6.95. The summed E-state index contributed by atoms with van der Waals surface area (Å²) in [5.41, 5.74) is 0.604. The Morgan fingerprint density at radius 3 is 2.47 bits per heavy atom. The Morgan fingerprint density at radius 1 is 1.00 bits per heavy atom. The Labute approximate surface area is 108 Å². The molecule has 0 saturated heterocycles. The molecule has 2 rings (SSSR count). The van der Waals surface area contributed by atoms with Crippen LogP contribution in [0.1, 0.15) is 5.56 Å². The summed E-state index contributed by atoms with van der Waals surface area (Å²) in [6.45, 7) is 0. The normalized spacial score (nSPS) is 10.5. The predicted octanol–water partition coefficient (Wildman–Crippen LogP) is 4.91. The smallest absolute Gasteiger partial charge is 0.142 e. The van der Waals surface area contributed by atoms with Crippen molar-refractivity contribution in [1.82, 2.24) is 0 Å². The fourth-order valence-electron chi connectivity index (χ4n) is 1.34. The summed E-state index contributed by atoms with van der Waals surface area (Å²) in [5, 5.41) is 0.0974. The molecule has 0 aliphatic heterocycles. The quantitative estimate of drug-likeness (QED) is 0.714. The molecule has 0 heterocycles. The van der Waals surface area contributed by atoms with E-state index in [1.54, 1.807) is 24.3 Å². The van der Waals surface area contributed by atoms with Crippen LogP contribution in [-0.2, 0) is 5.75 Å². The van der Waals surface area contributed by atoms with Gasteiger partial charge in [-0.15, -0.1) is 11.8 Å². The third kappa shape index (κ3) is 3.20. The van der Waals surface area contributed by atoms with Gasteiger partial charge in [-0.2, -0.15) is 0 Å². The molecule has 0 spiro atoms. The molecule has 2 aromatic rings. The molecule has 0 atom stereocenters. The highest BCUT2D eigenvalue weighted by Gasteiger charge is 2.04. The highest BCUT2D eigenvalue weighted by molar-refractivity contribution is 7.98. The fourth-order valence-corrected chi connectivity index (χ4v) is 2.37. The molecular weight excluding hydrogens is 262 g/mol. The lowest BCUT2D eigenvalue weighted by Gasteiger charge is -2.04. The van der Waals surface area contributed by atoms with Crippen LogP contribution in [0.2, 0.25) is 5.02 Å². The van der Waals surface area contributed by atoms with E-state index in [-0.39, 0.29) is 10.8 Å². The van der Waals surface area contributed by atoms with Crippen molar-refractivity contribution in [3.05, 3.63) is 64.7 Å². The van der Waals surface area contributed by atoms with Crippen molar-refractivity contribution in [2.45, 2.75) is 10.6 Å². The van der Waals surface area contributed by atoms with Crippen LogP contribution in [-0.4, -0.2) is 0 Å². The number of rotatable bonds is 3. The highest BCUT2D eigenvalue weighted by Crippen LogP contribution is 2.26. The zero-order valence-electron chi connectivity index (χ0n) is 8.79. The molecule has 0 fully saturated rings. The van der Waals surface area contributed by atoms with Crippen LogP contribution in [0, 0.1) is 11.6 Å². The lowest BCUT2D eigenvalue weighted by molar-refractivity contribution is 0.617. The third-order valence-electron chi connectivity index (χ3n) is 2.24. The Bertz CT molecular complexity index is 529. The first-order chi connectivity index (χ1) is 8.16. The van der Waals surface area contributed by atoms with Crippen LogP contribution >= 0.6 is 23.4 Å². The molecule has 0 unspecified atom stereocenters. The molecule has 0 aliphatic rings. The molecule has 88 valence electrons. The van der Waals surface area contributed by atoms with Gasteiger partial charge < -0.3 is 0 Å². The first kappa shape index (κ1) is 12.4. The Kier molecular flexibility index (Phi) is 4.02. The van der Waals surface area contributed by atoms with Gasteiger partial charge in [0.15, 0.2) is 0 Å². The zero-order valence-corrected chi connectivity index (χ0v) is 10.4. The number of hydrogen-bond acceptors (Lipinski definition) is 1. The lowest BCUT2D eigenvalue weighted by Crippen LogP contribution is -1.86.